The van der Waals surface area contributed by atoms with Gasteiger partial charge >= 0.3 is 11.9 Å². The summed E-state index contributed by atoms with van der Waals surface area (Å²) in [7, 11) is 1.57. The van der Waals surface area contributed by atoms with Crippen LogP contribution in [0.4, 0.5) is 0 Å². The minimum atomic E-state index is -0.596. The Bertz CT molecular complexity index is 742. The van der Waals surface area contributed by atoms with Gasteiger partial charge in [0.2, 0.25) is 0 Å². The van der Waals surface area contributed by atoms with Gasteiger partial charge in [-0.25, -0.2) is 9.59 Å². The van der Waals surface area contributed by atoms with E-state index in [4.69, 9.17) is 9.47 Å². The number of hydrogen-bond acceptors (Lipinski definition) is 4. The monoisotopic (exact) mass is 294 g/mol. The van der Waals surface area contributed by atoms with Crippen LogP contribution in [0, 0.1) is 0 Å². The van der Waals surface area contributed by atoms with Gasteiger partial charge in [-0.1, -0.05) is 42.5 Å². The van der Waals surface area contributed by atoms with E-state index in [1.807, 2.05) is 30.3 Å². The van der Waals surface area contributed by atoms with Crippen LogP contribution in [0.1, 0.15) is 11.1 Å². The van der Waals surface area contributed by atoms with Crippen molar-refractivity contribution >= 4 is 17.5 Å². The highest BCUT2D eigenvalue weighted by Crippen LogP contribution is 2.30. The number of carbonyl (C=O) groups excluding carboxylic acids is 2. The van der Waals surface area contributed by atoms with Gasteiger partial charge in [0, 0.05) is 6.42 Å². The van der Waals surface area contributed by atoms with Crippen molar-refractivity contribution in [1.29, 1.82) is 0 Å². The Morgan fingerprint density at radius 1 is 0.909 bits per heavy atom. The molecule has 4 heteroatoms. The summed E-state index contributed by atoms with van der Waals surface area (Å²) in [5.74, 6) is -0.479. The smallest absolute Gasteiger partial charge is 0.347 e. The van der Waals surface area contributed by atoms with Crippen LogP contribution in [0.25, 0.3) is 5.57 Å². The third-order valence-electron chi connectivity index (χ3n) is 3.54. The van der Waals surface area contributed by atoms with E-state index >= 15 is 0 Å². The first-order valence-electron chi connectivity index (χ1n) is 6.87. The molecule has 1 aliphatic rings. The first-order chi connectivity index (χ1) is 10.7. The quantitative estimate of drug-likeness (QED) is 0.642. The van der Waals surface area contributed by atoms with Crippen molar-refractivity contribution in [3.05, 3.63) is 71.3 Å². The molecule has 3 rings (SSSR count). The average Bonchev–Trinajstić information content (AvgIpc) is 2.82. The van der Waals surface area contributed by atoms with Crippen LogP contribution in [0.5, 0.6) is 5.75 Å². The Balaban J connectivity index is 2.02. The first kappa shape index (κ1) is 14.1. The molecule has 2 aromatic rings. The molecule has 1 aliphatic heterocycles. The Hall–Kier alpha value is -2.88. The number of ether oxygens (including phenoxy) is 2. The largest absolute Gasteiger partial charge is 0.497 e. The fourth-order valence-electron chi connectivity index (χ4n) is 2.43. The van der Waals surface area contributed by atoms with E-state index < -0.39 is 11.9 Å². The van der Waals surface area contributed by atoms with E-state index in [0.717, 1.165) is 5.56 Å². The number of methoxy groups -OCH3 is 1. The molecule has 0 saturated heterocycles. The molecule has 0 spiro atoms. The van der Waals surface area contributed by atoms with Crippen molar-refractivity contribution < 1.29 is 19.1 Å². The predicted molar refractivity (Wildman–Crippen MR) is 81.2 cm³/mol. The summed E-state index contributed by atoms with van der Waals surface area (Å²) in [6, 6.07) is 16.5. The molecule has 0 aromatic heterocycles. The number of esters is 2. The number of benzene rings is 2. The van der Waals surface area contributed by atoms with E-state index in [1.54, 1.807) is 31.4 Å². The minimum absolute atomic E-state index is 0.330. The van der Waals surface area contributed by atoms with Crippen molar-refractivity contribution in [2.45, 2.75) is 6.42 Å². The standard InChI is InChI=1S/C18H14O4/c1-21-14-9-7-13(8-10-14)16-15(17(19)22-18(16)20)11-12-5-3-2-4-6-12/h2-10H,11H2,1H3. The molecule has 0 fully saturated rings. The Morgan fingerprint density at radius 3 is 2.23 bits per heavy atom. The zero-order valence-electron chi connectivity index (χ0n) is 12.0. The maximum absolute atomic E-state index is 12.0. The summed E-state index contributed by atoms with van der Waals surface area (Å²) >= 11 is 0. The zero-order chi connectivity index (χ0) is 15.5. The first-order valence-corrected chi connectivity index (χ1v) is 6.87. The van der Waals surface area contributed by atoms with Gasteiger partial charge in [-0.2, -0.15) is 0 Å². The summed E-state index contributed by atoms with van der Waals surface area (Å²) in [6.07, 6.45) is 0.368. The molecular formula is C18H14O4. The molecule has 1 heterocycles. The lowest BCUT2D eigenvalue weighted by Gasteiger charge is -2.05. The van der Waals surface area contributed by atoms with E-state index in [9.17, 15) is 9.59 Å². The molecular weight excluding hydrogens is 280 g/mol. The van der Waals surface area contributed by atoms with Crippen molar-refractivity contribution in [3.8, 4) is 5.75 Å². The Labute approximate surface area is 128 Å². The highest BCUT2D eigenvalue weighted by atomic mass is 16.6. The summed E-state index contributed by atoms with van der Waals surface area (Å²) in [4.78, 5) is 24.0. The van der Waals surface area contributed by atoms with Gasteiger partial charge in [0.1, 0.15) is 5.75 Å². The molecule has 0 radical (unpaired) electrons. The molecule has 0 N–H and O–H groups in total. The van der Waals surface area contributed by atoms with Crippen molar-refractivity contribution in [1.82, 2.24) is 0 Å². The van der Waals surface area contributed by atoms with E-state index in [1.165, 1.54) is 0 Å². The third kappa shape index (κ3) is 2.63. The lowest BCUT2D eigenvalue weighted by molar-refractivity contribution is -0.150. The summed E-state index contributed by atoms with van der Waals surface area (Å²) in [5.41, 5.74) is 2.33. The molecule has 0 unspecified atom stereocenters. The molecule has 0 aliphatic carbocycles. The second kappa shape index (κ2) is 5.85. The molecule has 0 bridgehead atoms. The average molecular weight is 294 g/mol. The zero-order valence-corrected chi connectivity index (χ0v) is 12.0. The van der Waals surface area contributed by atoms with E-state index in [-0.39, 0.29) is 0 Å². The van der Waals surface area contributed by atoms with Crippen LogP contribution in [0.2, 0.25) is 0 Å². The van der Waals surface area contributed by atoms with Crippen LogP contribution in [0.15, 0.2) is 60.2 Å². The van der Waals surface area contributed by atoms with Crippen LogP contribution in [0.3, 0.4) is 0 Å². The van der Waals surface area contributed by atoms with Gasteiger partial charge in [0.15, 0.2) is 0 Å². The lowest BCUT2D eigenvalue weighted by Crippen LogP contribution is -2.03. The van der Waals surface area contributed by atoms with Gasteiger partial charge in [0.25, 0.3) is 0 Å². The molecule has 2 aromatic carbocycles. The molecule has 0 amide bonds. The molecule has 110 valence electrons. The highest BCUT2D eigenvalue weighted by Gasteiger charge is 2.33. The predicted octanol–water partition coefficient (Wildman–Crippen LogP) is 2.77. The maximum Gasteiger partial charge on any atom is 0.347 e. The SMILES string of the molecule is COc1ccc(C2=C(Cc3ccccc3)C(=O)OC2=O)cc1. The van der Waals surface area contributed by atoms with Crippen molar-refractivity contribution in [2.24, 2.45) is 0 Å². The summed E-state index contributed by atoms with van der Waals surface area (Å²) < 4.78 is 9.89. The van der Waals surface area contributed by atoms with Gasteiger partial charge in [-0.05, 0) is 23.3 Å². The second-order valence-corrected chi connectivity index (χ2v) is 4.92. The number of rotatable bonds is 4. The Morgan fingerprint density at radius 2 is 1.59 bits per heavy atom. The maximum atomic E-state index is 12.0. The van der Waals surface area contributed by atoms with Gasteiger partial charge in [-0.15, -0.1) is 0 Å². The normalized spacial score (nSPS) is 14.2. The Kier molecular flexibility index (Phi) is 3.74. The number of carbonyl (C=O) groups is 2. The summed E-state index contributed by atoms with van der Waals surface area (Å²) in [5, 5.41) is 0. The van der Waals surface area contributed by atoms with Gasteiger partial charge in [-0.3, -0.25) is 0 Å². The number of cyclic esters (lactones) is 2. The van der Waals surface area contributed by atoms with Gasteiger partial charge < -0.3 is 9.47 Å². The van der Waals surface area contributed by atoms with Crippen LogP contribution in [-0.4, -0.2) is 19.0 Å². The molecule has 22 heavy (non-hydrogen) atoms. The van der Waals surface area contributed by atoms with Gasteiger partial charge in [0.05, 0.1) is 18.3 Å². The van der Waals surface area contributed by atoms with E-state index in [2.05, 4.69) is 0 Å². The highest BCUT2D eigenvalue weighted by molar-refractivity contribution is 6.30. The minimum Gasteiger partial charge on any atom is -0.497 e. The van der Waals surface area contributed by atoms with E-state index in [0.29, 0.717) is 28.9 Å². The third-order valence-corrected chi connectivity index (χ3v) is 3.54. The second-order valence-electron chi connectivity index (χ2n) is 4.92. The van der Waals surface area contributed by atoms with Crippen molar-refractivity contribution in [2.75, 3.05) is 7.11 Å². The lowest BCUT2D eigenvalue weighted by atomic mass is 9.96. The number of hydrogen-bond donors (Lipinski definition) is 0. The molecule has 0 atom stereocenters. The fourth-order valence-corrected chi connectivity index (χ4v) is 2.43. The van der Waals surface area contributed by atoms with Crippen LogP contribution < -0.4 is 4.74 Å². The molecule has 4 nitrogen and oxygen atoms in total. The molecule has 0 saturated carbocycles. The van der Waals surface area contributed by atoms with Crippen LogP contribution >= 0.6 is 0 Å². The summed E-state index contributed by atoms with van der Waals surface area (Å²) in [6.45, 7) is 0. The fraction of sp³-hybridized carbons (Fsp3) is 0.111. The van der Waals surface area contributed by atoms with Crippen LogP contribution in [-0.2, 0) is 20.7 Å². The topological polar surface area (TPSA) is 52.6 Å². The van der Waals surface area contributed by atoms with Crippen molar-refractivity contribution in [3.63, 3.8) is 0 Å².